The van der Waals surface area contributed by atoms with Crippen LogP contribution in [0, 0.1) is 6.92 Å². The van der Waals surface area contributed by atoms with Gasteiger partial charge in [0.25, 0.3) is 0 Å². The topological polar surface area (TPSA) is 109 Å². The zero-order chi connectivity index (χ0) is 20.4. The van der Waals surface area contributed by atoms with Gasteiger partial charge >= 0.3 is 0 Å². The summed E-state index contributed by atoms with van der Waals surface area (Å²) in [6.45, 7) is 3.82. The summed E-state index contributed by atoms with van der Waals surface area (Å²) in [7, 11) is -3.44. The number of sulfonamides is 1. The minimum Gasteiger partial charge on any atom is -0.363 e. The van der Waals surface area contributed by atoms with Gasteiger partial charge < -0.3 is 10.6 Å². The van der Waals surface area contributed by atoms with Gasteiger partial charge in [-0.2, -0.15) is 0 Å². The Morgan fingerprint density at radius 1 is 1.21 bits per heavy atom. The van der Waals surface area contributed by atoms with Crippen molar-refractivity contribution in [2.45, 2.75) is 25.8 Å². The van der Waals surface area contributed by atoms with E-state index in [0.717, 1.165) is 43.1 Å². The van der Waals surface area contributed by atoms with E-state index in [1.165, 1.54) is 0 Å². The molecule has 1 aliphatic rings. The predicted octanol–water partition coefficient (Wildman–Crippen LogP) is 2.54. The van der Waals surface area contributed by atoms with E-state index in [-0.39, 0.29) is 6.04 Å². The van der Waals surface area contributed by atoms with Crippen molar-refractivity contribution in [2.75, 3.05) is 29.4 Å². The number of fused-ring (bicyclic) bond motifs is 1. The van der Waals surface area contributed by atoms with E-state index < -0.39 is 10.0 Å². The summed E-state index contributed by atoms with van der Waals surface area (Å²) in [6, 6.07) is 9.62. The highest BCUT2D eigenvalue weighted by Gasteiger charge is 2.19. The van der Waals surface area contributed by atoms with Gasteiger partial charge in [-0.1, -0.05) is 12.1 Å². The third-order valence-corrected chi connectivity index (χ3v) is 5.49. The van der Waals surface area contributed by atoms with Crippen molar-refractivity contribution in [1.82, 2.24) is 20.5 Å². The Labute approximate surface area is 170 Å². The monoisotopic (exact) mass is 412 g/mol. The molecule has 9 heteroatoms. The summed E-state index contributed by atoms with van der Waals surface area (Å²) < 4.78 is 26.3. The standard InChI is InChI=1S/C20H24N6O2S/c1-13-7-8-15(17(11-13)26-29(2,27)28)18-16-6-4-10-22-19(16)20(25-24-18)23-14-5-3-9-21-12-14/h4,6-8,10-11,14,21,26H,3,5,9,12H2,1-2H3,(H,23,25)/t14-/m1/s1. The normalized spacial score (nSPS) is 17.2. The van der Waals surface area contributed by atoms with Crippen LogP contribution in [0.15, 0.2) is 36.5 Å². The van der Waals surface area contributed by atoms with Crippen LogP contribution in [0.3, 0.4) is 0 Å². The van der Waals surface area contributed by atoms with Crippen molar-refractivity contribution in [1.29, 1.82) is 0 Å². The molecule has 3 N–H and O–H groups in total. The highest BCUT2D eigenvalue weighted by atomic mass is 32.2. The molecule has 2 aromatic heterocycles. The van der Waals surface area contributed by atoms with Crippen LogP contribution in [0.5, 0.6) is 0 Å². The summed E-state index contributed by atoms with van der Waals surface area (Å²) in [6.07, 6.45) is 5.03. The molecule has 3 aromatic rings. The molecule has 3 heterocycles. The third kappa shape index (κ3) is 4.46. The lowest BCUT2D eigenvalue weighted by Crippen LogP contribution is -2.38. The molecule has 152 valence electrons. The number of hydrogen-bond donors (Lipinski definition) is 3. The van der Waals surface area contributed by atoms with Gasteiger partial charge in [0, 0.05) is 29.7 Å². The van der Waals surface area contributed by atoms with E-state index in [1.54, 1.807) is 12.3 Å². The van der Waals surface area contributed by atoms with Gasteiger partial charge in [0.05, 0.1) is 11.9 Å². The molecular weight excluding hydrogens is 388 g/mol. The SMILES string of the molecule is Cc1ccc(-c2nnc(N[C@@H]3CCCNC3)c3ncccc23)c(NS(C)(=O)=O)c1. The second kappa shape index (κ2) is 7.92. The van der Waals surface area contributed by atoms with Crippen molar-refractivity contribution in [3.8, 4) is 11.3 Å². The van der Waals surface area contributed by atoms with Crippen LogP contribution in [-0.2, 0) is 10.0 Å². The zero-order valence-electron chi connectivity index (χ0n) is 16.4. The van der Waals surface area contributed by atoms with Crippen molar-refractivity contribution in [3.63, 3.8) is 0 Å². The van der Waals surface area contributed by atoms with Crippen LogP contribution in [0.2, 0.25) is 0 Å². The van der Waals surface area contributed by atoms with Crippen LogP contribution in [-0.4, -0.2) is 49.0 Å². The van der Waals surface area contributed by atoms with Gasteiger partial charge in [0.2, 0.25) is 10.0 Å². The van der Waals surface area contributed by atoms with E-state index in [9.17, 15) is 8.42 Å². The fourth-order valence-electron chi connectivity index (χ4n) is 3.60. The van der Waals surface area contributed by atoms with Crippen molar-refractivity contribution in [3.05, 3.63) is 42.1 Å². The van der Waals surface area contributed by atoms with Crippen molar-refractivity contribution in [2.24, 2.45) is 0 Å². The van der Waals surface area contributed by atoms with E-state index in [2.05, 4.69) is 30.5 Å². The Bertz CT molecular complexity index is 1140. The first-order valence-corrected chi connectivity index (χ1v) is 11.5. The lowest BCUT2D eigenvalue weighted by Gasteiger charge is -2.24. The Balaban J connectivity index is 1.81. The third-order valence-electron chi connectivity index (χ3n) is 4.90. The van der Waals surface area contributed by atoms with Crippen LogP contribution < -0.4 is 15.4 Å². The first kappa shape index (κ1) is 19.5. The molecule has 0 unspecified atom stereocenters. The molecule has 0 amide bonds. The number of nitrogens with zero attached hydrogens (tertiary/aromatic N) is 3. The molecule has 0 aliphatic carbocycles. The Kier molecular flexibility index (Phi) is 5.33. The lowest BCUT2D eigenvalue weighted by molar-refractivity contribution is 0.479. The number of anilines is 2. The second-order valence-electron chi connectivity index (χ2n) is 7.41. The Morgan fingerprint density at radius 2 is 2.07 bits per heavy atom. The maximum atomic E-state index is 11.9. The maximum Gasteiger partial charge on any atom is 0.229 e. The van der Waals surface area contributed by atoms with E-state index in [4.69, 9.17) is 0 Å². The average molecular weight is 413 g/mol. The first-order chi connectivity index (χ1) is 13.9. The minimum absolute atomic E-state index is 0.274. The fraction of sp³-hybridized carbons (Fsp3) is 0.350. The number of rotatable bonds is 5. The molecule has 0 spiro atoms. The van der Waals surface area contributed by atoms with Crippen LogP contribution >= 0.6 is 0 Å². The van der Waals surface area contributed by atoms with E-state index in [1.807, 2.05) is 31.2 Å². The molecule has 1 atom stereocenters. The quantitative estimate of drug-likeness (QED) is 0.591. The number of nitrogens with one attached hydrogen (secondary N) is 3. The molecular formula is C20H24N6O2S. The van der Waals surface area contributed by atoms with Gasteiger partial charge in [-0.05, 0) is 50.1 Å². The first-order valence-electron chi connectivity index (χ1n) is 9.58. The summed E-state index contributed by atoms with van der Waals surface area (Å²) in [4.78, 5) is 4.53. The highest BCUT2D eigenvalue weighted by Crippen LogP contribution is 2.34. The van der Waals surface area contributed by atoms with E-state index >= 15 is 0 Å². The summed E-state index contributed by atoms with van der Waals surface area (Å²) in [5, 5.41) is 16.5. The number of benzene rings is 1. The number of pyridine rings is 1. The van der Waals surface area contributed by atoms with Crippen molar-refractivity contribution < 1.29 is 8.42 Å². The largest absolute Gasteiger partial charge is 0.363 e. The molecule has 1 aliphatic heterocycles. The zero-order valence-corrected chi connectivity index (χ0v) is 17.3. The van der Waals surface area contributed by atoms with Crippen molar-refractivity contribution >= 4 is 32.4 Å². The molecule has 1 saturated heterocycles. The molecule has 0 bridgehead atoms. The maximum absolute atomic E-state index is 11.9. The molecule has 8 nitrogen and oxygen atoms in total. The highest BCUT2D eigenvalue weighted by molar-refractivity contribution is 7.92. The number of aromatic nitrogens is 3. The van der Waals surface area contributed by atoms with Gasteiger partial charge in [0.15, 0.2) is 5.82 Å². The number of hydrogen-bond acceptors (Lipinski definition) is 7. The summed E-state index contributed by atoms with van der Waals surface area (Å²) >= 11 is 0. The number of aryl methyl sites for hydroxylation is 1. The van der Waals surface area contributed by atoms with Gasteiger partial charge in [-0.25, -0.2) is 8.42 Å². The average Bonchev–Trinajstić information content (AvgIpc) is 2.68. The molecule has 0 radical (unpaired) electrons. The second-order valence-corrected chi connectivity index (χ2v) is 9.16. The fourth-order valence-corrected chi connectivity index (χ4v) is 4.17. The lowest BCUT2D eigenvalue weighted by atomic mass is 10.0. The van der Waals surface area contributed by atoms with Crippen LogP contribution in [0.25, 0.3) is 22.2 Å². The van der Waals surface area contributed by atoms with Crippen LogP contribution in [0.4, 0.5) is 11.5 Å². The minimum atomic E-state index is -3.44. The molecule has 0 saturated carbocycles. The Hall–Kier alpha value is -2.78. The molecule has 29 heavy (non-hydrogen) atoms. The summed E-state index contributed by atoms with van der Waals surface area (Å²) in [5.41, 5.74) is 3.39. The van der Waals surface area contributed by atoms with Gasteiger partial charge in [0.1, 0.15) is 11.2 Å². The van der Waals surface area contributed by atoms with E-state index in [0.29, 0.717) is 28.3 Å². The molecule has 4 rings (SSSR count). The van der Waals surface area contributed by atoms with Gasteiger partial charge in [-0.15, -0.1) is 10.2 Å². The predicted molar refractivity (Wildman–Crippen MR) is 115 cm³/mol. The van der Waals surface area contributed by atoms with Gasteiger partial charge in [-0.3, -0.25) is 9.71 Å². The molecule has 1 fully saturated rings. The molecule has 1 aromatic carbocycles. The van der Waals surface area contributed by atoms with Crippen LogP contribution in [0.1, 0.15) is 18.4 Å². The summed E-state index contributed by atoms with van der Waals surface area (Å²) in [5.74, 6) is 0.641. The number of piperidine rings is 1. The smallest absolute Gasteiger partial charge is 0.229 e. The Morgan fingerprint density at radius 3 is 2.83 bits per heavy atom.